The van der Waals surface area contributed by atoms with Gasteiger partial charge in [-0.15, -0.1) is 0 Å². The molecule has 1 unspecified atom stereocenters. The SMILES string of the molecule is CC(C)(C)OC(=O)NC1CCCCCC=C[C@@H]2C[C@@]2(C(=O)NS(=O)(=O)C2CC2)NC(=O)[C@@H]2C[C@@H](Oc3nc4ncccc4c4ccccc34)CN2C1=O. The summed E-state index contributed by atoms with van der Waals surface area (Å²) in [4.78, 5) is 66.1. The molecule has 0 spiro atoms. The lowest BCUT2D eigenvalue weighted by Crippen LogP contribution is -2.58. The largest absolute Gasteiger partial charge is 0.472 e. The first-order valence-corrected chi connectivity index (χ1v) is 19.9. The van der Waals surface area contributed by atoms with Crippen molar-refractivity contribution < 1.29 is 37.1 Å². The van der Waals surface area contributed by atoms with Gasteiger partial charge in [-0.05, 0) is 82.9 Å². The van der Waals surface area contributed by atoms with Crippen LogP contribution in [0.4, 0.5) is 4.79 Å². The third kappa shape index (κ3) is 7.94. The fourth-order valence-electron chi connectivity index (χ4n) is 7.30. The van der Waals surface area contributed by atoms with Crippen LogP contribution in [0.15, 0.2) is 54.7 Å². The van der Waals surface area contributed by atoms with Crippen molar-refractivity contribution in [1.29, 1.82) is 0 Å². The molecule has 2 aliphatic heterocycles. The first-order valence-electron chi connectivity index (χ1n) is 18.4. The first kappa shape index (κ1) is 36.6. The van der Waals surface area contributed by atoms with Crippen LogP contribution in [0.25, 0.3) is 21.8 Å². The summed E-state index contributed by atoms with van der Waals surface area (Å²) in [5.41, 5.74) is -1.83. The van der Waals surface area contributed by atoms with E-state index in [1.807, 2.05) is 48.6 Å². The van der Waals surface area contributed by atoms with Crippen molar-refractivity contribution in [2.75, 3.05) is 6.54 Å². The van der Waals surface area contributed by atoms with Crippen molar-refractivity contribution in [2.45, 2.75) is 113 Å². The number of sulfonamides is 1. The summed E-state index contributed by atoms with van der Waals surface area (Å²) in [5.74, 6) is -2.03. The van der Waals surface area contributed by atoms with Gasteiger partial charge in [-0.25, -0.2) is 18.2 Å². The Labute approximate surface area is 308 Å². The Morgan fingerprint density at radius 3 is 2.51 bits per heavy atom. The van der Waals surface area contributed by atoms with Crippen molar-refractivity contribution in [3.8, 4) is 5.88 Å². The number of ether oxygens (including phenoxy) is 2. The summed E-state index contributed by atoms with van der Waals surface area (Å²) in [6.45, 7) is 5.18. The number of nitrogens with zero attached hydrogens (tertiary/aromatic N) is 3. The molecule has 2 aromatic heterocycles. The van der Waals surface area contributed by atoms with Gasteiger partial charge in [0.05, 0.1) is 11.8 Å². The second kappa shape index (κ2) is 14.2. The van der Waals surface area contributed by atoms with Crippen molar-refractivity contribution in [1.82, 2.24) is 30.2 Å². The fraction of sp³-hybridized carbons (Fsp3) is 0.526. The molecule has 5 atom stereocenters. The Bertz CT molecular complexity index is 2080. The third-order valence-electron chi connectivity index (χ3n) is 10.3. The number of alkyl carbamates (subject to hydrolysis) is 1. The smallest absolute Gasteiger partial charge is 0.408 e. The van der Waals surface area contributed by atoms with Crippen LogP contribution in [0.1, 0.15) is 78.6 Å². The molecule has 3 N–H and O–H groups in total. The van der Waals surface area contributed by atoms with Crippen LogP contribution >= 0.6 is 0 Å². The minimum Gasteiger partial charge on any atom is -0.472 e. The van der Waals surface area contributed by atoms with E-state index in [9.17, 15) is 27.6 Å². The van der Waals surface area contributed by atoms with E-state index in [4.69, 9.17) is 14.5 Å². The molecule has 0 radical (unpaired) electrons. The van der Waals surface area contributed by atoms with E-state index >= 15 is 0 Å². The van der Waals surface area contributed by atoms with E-state index in [1.165, 1.54) is 4.90 Å². The van der Waals surface area contributed by atoms with Gasteiger partial charge < -0.3 is 25.0 Å². The van der Waals surface area contributed by atoms with Gasteiger partial charge in [-0.2, -0.15) is 4.98 Å². The average molecular weight is 747 g/mol. The molecule has 0 bridgehead atoms. The lowest BCUT2D eigenvalue weighted by atomic mass is 10.0. The number of carbonyl (C=O) groups is 4. The van der Waals surface area contributed by atoms with Crippen LogP contribution in [-0.4, -0.2) is 88.2 Å². The average Bonchev–Trinajstić information content (AvgIpc) is 4.03. The topological polar surface area (TPSA) is 186 Å². The van der Waals surface area contributed by atoms with Crippen molar-refractivity contribution in [2.24, 2.45) is 5.92 Å². The van der Waals surface area contributed by atoms with Crippen LogP contribution in [0, 0.1) is 5.92 Å². The van der Waals surface area contributed by atoms with Gasteiger partial charge in [0.2, 0.25) is 27.7 Å². The monoisotopic (exact) mass is 746 g/mol. The summed E-state index contributed by atoms with van der Waals surface area (Å²) in [6, 6.07) is 9.26. The number of fused-ring (bicyclic) bond motifs is 5. The summed E-state index contributed by atoms with van der Waals surface area (Å²) in [6.07, 6.45) is 8.40. The van der Waals surface area contributed by atoms with Gasteiger partial charge in [0.25, 0.3) is 5.91 Å². The molecule has 3 aromatic rings. The number of benzene rings is 1. The van der Waals surface area contributed by atoms with E-state index in [0.29, 0.717) is 43.6 Å². The quantitative estimate of drug-likeness (QED) is 0.246. The molecule has 4 amide bonds. The first-order chi connectivity index (χ1) is 25.2. The maximum Gasteiger partial charge on any atom is 0.408 e. The number of aromatic nitrogens is 2. The van der Waals surface area contributed by atoms with Gasteiger partial charge in [-0.3, -0.25) is 19.1 Å². The zero-order chi connectivity index (χ0) is 37.5. The van der Waals surface area contributed by atoms with Gasteiger partial charge in [0.1, 0.15) is 29.3 Å². The molecule has 2 aliphatic carbocycles. The highest BCUT2D eigenvalue weighted by Crippen LogP contribution is 2.46. The fourth-order valence-corrected chi connectivity index (χ4v) is 8.67. The van der Waals surface area contributed by atoms with Crippen LogP contribution in [0.2, 0.25) is 0 Å². The van der Waals surface area contributed by atoms with Crippen molar-refractivity contribution in [3.05, 3.63) is 54.7 Å². The Kier molecular flexibility index (Phi) is 9.81. The maximum atomic E-state index is 14.5. The molecule has 282 valence electrons. The highest BCUT2D eigenvalue weighted by atomic mass is 32.2. The van der Waals surface area contributed by atoms with Crippen LogP contribution in [-0.2, 0) is 29.1 Å². The zero-order valence-corrected chi connectivity index (χ0v) is 31.0. The third-order valence-corrected chi connectivity index (χ3v) is 12.1. The van der Waals surface area contributed by atoms with Gasteiger partial charge in [0, 0.05) is 29.3 Å². The number of pyridine rings is 2. The Morgan fingerprint density at radius 1 is 1.00 bits per heavy atom. The Balaban J connectivity index is 1.21. The van der Waals surface area contributed by atoms with E-state index in [-0.39, 0.29) is 19.4 Å². The molecule has 4 aliphatic rings. The van der Waals surface area contributed by atoms with Crippen LogP contribution in [0.5, 0.6) is 5.88 Å². The maximum absolute atomic E-state index is 14.5. The number of allylic oxidation sites excluding steroid dienone is 1. The van der Waals surface area contributed by atoms with E-state index in [1.54, 1.807) is 27.0 Å². The molecular formula is C38H46N6O8S. The second-order valence-corrected chi connectivity index (χ2v) is 17.5. The molecular weight excluding hydrogens is 701 g/mol. The zero-order valence-electron chi connectivity index (χ0n) is 30.2. The molecule has 1 aromatic carbocycles. The summed E-state index contributed by atoms with van der Waals surface area (Å²) < 4.78 is 39.9. The van der Waals surface area contributed by atoms with Crippen molar-refractivity contribution >= 4 is 55.6 Å². The second-order valence-electron chi connectivity index (χ2n) is 15.5. The highest BCUT2D eigenvalue weighted by Gasteiger charge is 2.62. The number of carbonyl (C=O) groups excluding carboxylic acids is 4. The number of nitrogens with one attached hydrogen (secondary N) is 3. The predicted octanol–water partition coefficient (Wildman–Crippen LogP) is 4.03. The van der Waals surface area contributed by atoms with E-state index in [2.05, 4.69) is 20.3 Å². The molecule has 7 rings (SSSR count). The molecule has 15 heteroatoms. The van der Waals surface area contributed by atoms with E-state index in [0.717, 1.165) is 29.0 Å². The number of hydrogen-bond acceptors (Lipinski definition) is 10. The Morgan fingerprint density at radius 2 is 1.75 bits per heavy atom. The van der Waals surface area contributed by atoms with Crippen molar-refractivity contribution in [3.63, 3.8) is 0 Å². The highest BCUT2D eigenvalue weighted by molar-refractivity contribution is 7.91. The number of amides is 4. The molecule has 1 saturated heterocycles. The van der Waals surface area contributed by atoms with Gasteiger partial charge in [0.15, 0.2) is 5.65 Å². The van der Waals surface area contributed by atoms with Crippen LogP contribution in [0.3, 0.4) is 0 Å². The standard InChI is InChI=1S/C38H46N6O8S/c1-37(2,3)52-36(48)40-29-16-8-6-4-5-7-12-23-21-38(23,35(47)43-53(49,50)25-17-18-25)42-32(45)30-20-24(22-44(30)34(29)46)51-33-28-14-10-9-13-26(28)27-15-11-19-39-31(27)41-33/h7,9-15,19,23-25,29-30H,4-6,8,16-18,20-22H2,1-3H3,(H,40,48)(H,42,45)(H,43,47)/t23-,24-,29?,30+,38-/m1/s1. The number of rotatable bonds is 6. The summed E-state index contributed by atoms with van der Waals surface area (Å²) in [5, 5.41) is 7.47. The molecule has 53 heavy (non-hydrogen) atoms. The Hall–Kier alpha value is -4.79. The predicted molar refractivity (Wildman–Crippen MR) is 196 cm³/mol. The minimum atomic E-state index is -3.89. The van der Waals surface area contributed by atoms with E-state index < -0.39 is 74.3 Å². The van der Waals surface area contributed by atoms with Gasteiger partial charge in [-0.1, -0.05) is 43.2 Å². The minimum absolute atomic E-state index is 0.0156. The molecule has 2 saturated carbocycles. The number of hydrogen-bond donors (Lipinski definition) is 3. The summed E-state index contributed by atoms with van der Waals surface area (Å²) in [7, 11) is -3.89. The summed E-state index contributed by atoms with van der Waals surface area (Å²) >= 11 is 0. The van der Waals surface area contributed by atoms with Crippen LogP contribution < -0.4 is 20.1 Å². The molecule has 4 heterocycles. The lowest BCUT2D eigenvalue weighted by Gasteiger charge is -2.30. The molecule has 14 nitrogen and oxygen atoms in total. The normalized spacial score (nSPS) is 26.8. The lowest BCUT2D eigenvalue weighted by molar-refractivity contribution is -0.141. The van der Waals surface area contributed by atoms with Gasteiger partial charge >= 0.3 is 6.09 Å². The molecule has 3 fully saturated rings.